The fraction of sp³-hybridized carbons (Fsp3) is 0.846. The normalized spacial score (nSPS) is 25.9. The number of likely N-dealkylation sites (tertiary alicyclic amines) is 1. The Morgan fingerprint density at radius 1 is 1.56 bits per heavy atom. The SMILES string of the molecule is CC1CCC(CCC(C=O)NC(=O)CCN)N1C. The van der Waals surface area contributed by atoms with Gasteiger partial charge in [0.05, 0.1) is 6.04 Å². The van der Waals surface area contributed by atoms with E-state index in [0.29, 0.717) is 25.0 Å². The van der Waals surface area contributed by atoms with Gasteiger partial charge in [-0.15, -0.1) is 0 Å². The zero-order chi connectivity index (χ0) is 13.5. The van der Waals surface area contributed by atoms with Crippen molar-refractivity contribution in [1.29, 1.82) is 0 Å². The molecule has 1 aliphatic rings. The van der Waals surface area contributed by atoms with Gasteiger partial charge >= 0.3 is 0 Å². The van der Waals surface area contributed by atoms with Crippen molar-refractivity contribution < 1.29 is 9.59 Å². The van der Waals surface area contributed by atoms with E-state index in [9.17, 15) is 9.59 Å². The molecule has 1 rings (SSSR count). The Kier molecular flexibility index (Phi) is 6.29. The number of hydrogen-bond acceptors (Lipinski definition) is 4. The zero-order valence-electron chi connectivity index (χ0n) is 11.4. The molecule has 5 nitrogen and oxygen atoms in total. The third-order valence-electron chi connectivity index (χ3n) is 3.88. The van der Waals surface area contributed by atoms with Crippen LogP contribution in [0.25, 0.3) is 0 Å². The van der Waals surface area contributed by atoms with E-state index in [1.54, 1.807) is 0 Å². The molecule has 18 heavy (non-hydrogen) atoms. The number of nitrogens with zero attached hydrogens (tertiary/aromatic N) is 1. The van der Waals surface area contributed by atoms with E-state index in [1.807, 2.05) is 0 Å². The van der Waals surface area contributed by atoms with Gasteiger partial charge in [0, 0.05) is 25.0 Å². The van der Waals surface area contributed by atoms with E-state index in [4.69, 9.17) is 5.73 Å². The summed E-state index contributed by atoms with van der Waals surface area (Å²) in [6, 6.07) is 0.790. The predicted octanol–water partition coefficient (Wildman–Crippen LogP) is 0.282. The number of amides is 1. The van der Waals surface area contributed by atoms with E-state index in [1.165, 1.54) is 12.8 Å². The van der Waals surface area contributed by atoms with Gasteiger partial charge in [-0.05, 0) is 39.7 Å². The first-order chi connectivity index (χ1) is 8.58. The number of rotatable bonds is 7. The van der Waals surface area contributed by atoms with Crippen LogP contribution >= 0.6 is 0 Å². The van der Waals surface area contributed by atoms with Crippen molar-refractivity contribution in [2.75, 3.05) is 13.6 Å². The third-order valence-corrected chi connectivity index (χ3v) is 3.88. The topological polar surface area (TPSA) is 75.4 Å². The molecule has 0 saturated carbocycles. The molecule has 0 aromatic heterocycles. The fourth-order valence-corrected chi connectivity index (χ4v) is 2.50. The van der Waals surface area contributed by atoms with Crippen LogP contribution in [0.15, 0.2) is 0 Å². The van der Waals surface area contributed by atoms with Crippen LogP contribution in [0.3, 0.4) is 0 Å². The summed E-state index contributed by atoms with van der Waals surface area (Å²) in [5.74, 6) is -0.136. The van der Waals surface area contributed by atoms with Crippen molar-refractivity contribution in [2.45, 2.75) is 57.2 Å². The second-order valence-electron chi connectivity index (χ2n) is 5.17. The molecule has 1 amide bonds. The highest BCUT2D eigenvalue weighted by Crippen LogP contribution is 2.25. The molecule has 1 saturated heterocycles. The quantitative estimate of drug-likeness (QED) is 0.641. The molecule has 1 heterocycles. The van der Waals surface area contributed by atoms with Gasteiger partial charge in [-0.2, -0.15) is 0 Å². The van der Waals surface area contributed by atoms with Gasteiger partial charge in [0.25, 0.3) is 0 Å². The summed E-state index contributed by atoms with van der Waals surface area (Å²) in [5.41, 5.74) is 5.30. The molecule has 0 radical (unpaired) electrons. The number of nitrogens with one attached hydrogen (secondary N) is 1. The Balaban J connectivity index is 2.31. The standard InChI is InChI=1S/C13H25N3O2/c1-10-3-5-12(16(10)2)6-4-11(9-17)15-13(18)7-8-14/h9-12H,3-8,14H2,1-2H3,(H,15,18). The van der Waals surface area contributed by atoms with Crippen LogP contribution in [-0.2, 0) is 9.59 Å². The molecule has 3 unspecified atom stereocenters. The van der Waals surface area contributed by atoms with Gasteiger partial charge in [0.15, 0.2) is 0 Å². The molecule has 5 heteroatoms. The Labute approximate surface area is 109 Å². The monoisotopic (exact) mass is 255 g/mol. The maximum absolute atomic E-state index is 11.4. The van der Waals surface area contributed by atoms with Crippen molar-refractivity contribution >= 4 is 12.2 Å². The van der Waals surface area contributed by atoms with Crippen molar-refractivity contribution in [3.8, 4) is 0 Å². The highest BCUT2D eigenvalue weighted by atomic mass is 16.2. The molecule has 3 atom stereocenters. The molecule has 1 aliphatic heterocycles. The predicted molar refractivity (Wildman–Crippen MR) is 71.1 cm³/mol. The molecule has 0 bridgehead atoms. The highest BCUT2D eigenvalue weighted by Gasteiger charge is 2.27. The van der Waals surface area contributed by atoms with E-state index in [2.05, 4.69) is 24.2 Å². The first-order valence-corrected chi connectivity index (χ1v) is 6.75. The summed E-state index contributed by atoms with van der Waals surface area (Å²) in [7, 11) is 2.13. The van der Waals surface area contributed by atoms with Gasteiger partial charge in [0.1, 0.15) is 6.29 Å². The van der Waals surface area contributed by atoms with Crippen LogP contribution in [0, 0.1) is 0 Å². The highest BCUT2D eigenvalue weighted by molar-refractivity contribution is 5.79. The lowest BCUT2D eigenvalue weighted by molar-refractivity contribution is -0.124. The van der Waals surface area contributed by atoms with E-state index in [-0.39, 0.29) is 18.4 Å². The molecule has 104 valence electrons. The smallest absolute Gasteiger partial charge is 0.221 e. The minimum absolute atomic E-state index is 0.136. The first-order valence-electron chi connectivity index (χ1n) is 6.75. The van der Waals surface area contributed by atoms with Gasteiger partial charge in [-0.1, -0.05) is 0 Å². The van der Waals surface area contributed by atoms with Crippen LogP contribution in [0.1, 0.15) is 39.0 Å². The summed E-state index contributed by atoms with van der Waals surface area (Å²) < 4.78 is 0. The van der Waals surface area contributed by atoms with E-state index in [0.717, 1.165) is 12.7 Å². The second kappa shape index (κ2) is 7.48. The molecular weight excluding hydrogens is 230 g/mol. The van der Waals surface area contributed by atoms with Crippen LogP contribution in [-0.4, -0.2) is 48.8 Å². The number of carbonyl (C=O) groups is 2. The van der Waals surface area contributed by atoms with Gasteiger partial charge in [-0.3, -0.25) is 4.79 Å². The number of nitrogens with two attached hydrogens (primary N) is 1. The summed E-state index contributed by atoms with van der Waals surface area (Å²) >= 11 is 0. The Morgan fingerprint density at radius 2 is 2.28 bits per heavy atom. The number of hydrogen-bond donors (Lipinski definition) is 2. The minimum atomic E-state index is -0.367. The third kappa shape index (κ3) is 4.38. The number of aldehydes is 1. The van der Waals surface area contributed by atoms with Crippen molar-refractivity contribution in [1.82, 2.24) is 10.2 Å². The molecule has 0 aromatic carbocycles. The van der Waals surface area contributed by atoms with Gasteiger partial charge < -0.3 is 20.7 Å². The van der Waals surface area contributed by atoms with Gasteiger partial charge in [0.2, 0.25) is 5.91 Å². The zero-order valence-corrected chi connectivity index (χ0v) is 11.4. The maximum Gasteiger partial charge on any atom is 0.221 e. The fourth-order valence-electron chi connectivity index (χ4n) is 2.50. The van der Waals surface area contributed by atoms with E-state index >= 15 is 0 Å². The van der Waals surface area contributed by atoms with Crippen LogP contribution in [0.5, 0.6) is 0 Å². The molecule has 3 N–H and O–H groups in total. The summed E-state index contributed by atoms with van der Waals surface area (Å²) in [6.45, 7) is 2.54. The lowest BCUT2D eigenvalue weighted by Crippen LogP contribution is -2.38. The minimum Gasteiger partial charge on any atom is -0.347 e. The average molecular weight is 255 g/mol. The average Bonchev–Trinajstić information content (AvgIpc) is 2.66. The summed E-state index contributed by atoms with van der Waals surface area (Å²) in [5, 5.41) is 2.71. The van der Waals surface area contributed by atoms with Crippen LogP contribution in [0.2, 0.25) is 0 Å². The van der Waals surface area contributed by atoms with Crippen molar-refractivity contribution in [2.24, 2.45) is 5.73 Å². The van der Waals surface area contributed by atoms with Crippen molar-refractivity contribution in [3.63, 3.8) is 0 Å². The Morgan fingerprint density at radius 3 is 2.78 bits per heavy atom. The summed E-state index contributed by atoms with van der Waals surface area (Å²) in [6.07, 6.45) is 5.17. The molecule has 0 spiro atoms. The maximum atomic E-state index is 11.4. The second-order valence-corrected chi connectivity index (χ2v) is 5.17. The lowest BCUT2D eigenvalue weighted by Gasteiger charge is -2.24. The van der Waals surface area contributed by atoms with Crippen molar-refractivity contribution in [3.05, 3.63) is 0 Å². The lowest BCUT2D eigenvalue weighted by atomic mass is 10.0. The Hall–Kier alpha value is -0.940. The summed E-state index contributed by atoms with van der Waals surface area (Å²) in [4.78, 5) is 24.7. The van der Waals surface area contributed by atoms with E-state index < -0.39 is 0 Å². The van der Waals surface area contributed by atoms with Crippen LogP contribution < -0.4 is 11.1 Å². The van der Waals surface area contributed by atoms with Crippen LogP contribution in [0.4, 0.5) is 0 Å². The molecular formula is C13H25N3O2. The number of carbonyl (C=O) groups excluding carboxylic acids is 2. The largest absolute Gasteiger partial charge is 0.347 e. The molecule has 0 aliphatic carbocycles. The first kappa shape index (κ1) is 15.1. The Bertz CT molecular complexity index is 283. The molecule has 0 aromatic rings. The molecule has 1 fully saturated rings. The van der Waals surface area contributed by atoms with Gasteiger partial charge in [-0.25, -0.2) is 0 Å².